The van der Waals surface area contributed by atoms with Gasteiger partial charge in [0.15, 0.2) is 0 Å². The summed E-state index contributed by atoms with van der Waals surface area (Å²) >= 11 is 11.5. The molecule has 1 aromatic rings. The number of carbonyl (C=O) groups excluding carboxylic acids is 1. The summed E-state index contributed by atoms with van der Waals surface area (Å²) in [5.41, 5.74) is 6.32. The summed E-state index contributed by atoms with van der Waals surface area (Å²) in [6.07, 6.45) is 1.88. The van der Waals surface area contributed by atoms with Gasteiger partial charge in [-0.1, -0.05) is 23.2 Å². The molecule has 1 unspecified atom stereocenters. The zero-order valence-corrected chi connectivity index (χ0v) is 9.29. The van der Waals surface area contributed by atoms with E-state index in [1.165, 1.54) is 6.20 Å². The normalized spacial score (nSPS) is 21.1. The van der Waals surface area contributed by atoms with E-state index in [2.05, 4.69) is 4.98 Å². The molecule has 0 spiro atoms. The molecule has 1 amide bonds. The molecule has 2 N–H and O–H groups in total. The smallest absolute Gasteiger partial charge is 0.228 e. The SMILES string of the molecule is NC1CC(=O)N(c2cnc(Cl)c(Cl)c2)C1. The number of hydrogen-bond donors (Lipinski definition) is 1. The van der Waals surface area contributed by atoms with Gasteiger partial charge in [0.2, 0.25) is 5.91 Å². The standard InChI is InChI=1S/C9H9Cl2N3O/c10-7-2-6(3-13-9(7)11)14-4-5(12)1-8(14)15/h2-3,5H,1,4,12H2. The van der Waals surface area contributed by atoms with Gasteiger partial charge in [-0.15, -0.1) is 0 Å². The van der Waals surface area contributed by atoms with Crippen molar-refractivity contribution in [3.8, 4) is 0 Å². The second-order valence-corrected chi connectivity index (χ2v) is 4.20. The first kappa shape index (κ1) is 10.7. The van der Waals surface area contributed by atoms with Crippen LogP contribution in [0.15, 0.2) is 12.3 Å². The number of amides is 1. The van der Waals surface area contributed by atoms with E-state index in [9.17, 15) is 4.79 Å². The number of aromatic nitrogens is 1. The van der Waals surface area contributed by atoms with E-state index < -0.39 is 0 Å². The van der Waals surface area contributed by atoms with Crippen LogP contribution in [-0.2, 0) is 4.79 Å². The first-order chi connectivity index (χ1) is 7.08. The number of rotatable bonds is 1. The molecule has 1 fully saturated rings. The van der Waals surface area contributed by atoms with Gasteiger partial charge in [0, 0.05) is 19.0 Å². The monoisotopic (exact) mass is 245 g/mol. The highest BCUT2D eigenvalue weighted by molar-refractivity contribution is 6.41. The van der Waals surface area contributed by atoms with Crippen molar-refractivity contribution in [3.05, 3.63) is 22.4 Å². The number of hydrogen-bond acceptors (Lipinski definition) is 3. The van der Waals surface area contributed by atoms with Crippen molar-refractivity contribution in [2.75, 3.05) is 11.4 Å². The van der Waals surface area contributed by atoms with Crippen LogP contribution >= 0.6 is 23.2 Å². The summed E-state index contributed by atoms with van der Waals surface area (Å²) < 4.78 is 0. The molecule has 1 aliphatic rings. The fraction of sp³-hybridized carbons (Fsp3) is 0.333. The molecule has 80 valence electrons. The molecule has 0 aliphatic carbocycles. The highest BCUT2D eigenvalue weighted by Gasteiger charge is 2.28. The van der Waals surface area contributed by atoms with Crippen LogP contribution in [0.25, 0.3) is 0 Å². The first-order valence-electron chi connectivity index (χ1n) is 4.45. The van der Waals surface area contributed by atoms with Crippen molar-refractivity contribution >= 4 is 34.8 Å². The third-order valence-corrected chi connectivity index (χ3v) is 2.93. The van der Waals surface area contributed by atoms with Crippen LogP contribution in [0.4, 0.5) is 5.69 Å². The Morgan fingerprint density at radius 1 is 1.53 bits per heavy atom. The Kier molecular flexibility index (Phi) is 2.82. The molecule has 0 aromatic carbocycles. The highest BCUT2D eigenvalue weighted by atomic mass is 35.5. The molecule has 15 heavy (non-hydrogen) atoms. The van der Waals surface area contributed by atoms with Gasteiger partial charge in [-0.3, -0.25) is 4.79 Å². The minimum absolute atomic E-state index is 0.0114. The largest absolute Gasteiger partial charge is 0.326 e. The van der Waals surface area contributed by atoms with Gasteiger partial charge in [-0.05, 0) is 6.07 Å². The molecule has 1 aromatic heterocycles. The van der Waals surface area contributed by atoms with Crippen LogP contribution in [0.5, 0.6) is 0 Å². The Bertz CT molecular complexity index is 410. The van der Waals surface area contributed by atoms with Crippen molar-refractivity contribution in [2.24, 2.45) is 5.73 Å². The Morgan fingerprint density at radius 2 is 2.27 bits per heavy atom. The Balaban J connectivity index is 2.30. The van der Waals surface area contributed by atoms with Crippen LogP contribution in [-0.4, -0.2) is 23.5 Å². The topological polar surface area (TPSA) is 59.2 Å². The molecular weight excluding hydrogens is 237 g/mol. The van der Waals surface area contributed by atoms with Gasteiger partial charge in [0.05, 0.1) is 16.9 Å². The fourth-order valence-corrected chi connectivity index (χ4v) is 1.81. The molecule has 1 saturated heterocycles. The lowest BCUT2D eigenvalue weighted by atomic mass is 10.3. The maximum absolute atomic E-state index is 11.5. The van der Waals surface area contributed by atoms with E-state index in [4.69, 9.17) is 28.9 Å². The Hall–Kier alpha value is -0.840. The van der Waals surface area contributed by atoms with Crippen molar-refractivity contribution in [2.45, 2.75) is 12.5 Å². The van der Waals surface area contributed by atoms with E-state index in [1.807, 2.05) is 0 Å². The predicted octanol–water partition coefficient (Wildman–Crippen LogP) is 1.45. The molecule has 2 rings (SSSR count). The van der Waals surface area contributed by atoms with E-state index in [0.29, 0.717) is 23.7 Å². The van der Waals surface area contributed by atoms with Gasteiger partial charge in [0.25, 0.3) is 0 Å². The van der Waals surface area contributed by atoms with Crippen molar-refractivity contribution < 1.29 is 4.79 Å². The third-order valence-electron chi connectivity index (χ3n) is 2.25. The van der Waals surface area contributed by atoms with E-state index >= 15 is 0 Å². The first-order valence-corrected chi connectivity index (χ1v) is 5.20. The molecule has 1 atom stereocenters. The number of pyridine rings is 1. The number of anilines is 1. The fourth-order valence-electron chi connectivity index (χ4n) is 1.54. The quantitative estimate of drug-likeness (QED) is 0.763. The van der Waals surface area contributed by atoms with Crippen LogP contribution in [0.3, 0.4) is 0 Å². The second kappa shape index (κ2) is 3.96. The van der Waals surface area contributed by atoms with Gasteiger partial charge in [0.1, 0.15) is 5.15 Å². The summed E-state index contributed by atoms with van der Waals surface area (Å²) in [5.74, 6) is -0.0114. The summed E-state index contributed by atoms with van der Waals surface area (Å²) in [7, 11) is 0. The second-order valence-electron chi connectivity index (χ2n) is 3.43. The maximum atomic E-state index is 11.5. The summed E-state index contributed by atoms with van der Waals surface area (Å²) in [6.45, 7) is 0.498. The van der Waals surface area contributed by atoms with Crippen LogP contribution in [0.2, 0.25) is 10.2 Å². The number of nitrogens with two attached hydrogens (primary N) is 1. The minimum atomic E-state index is -0.119. The third kappa shape index (κ3) is 2.07. The van der Waals surface area contributed by atoms with Crippen LogP contribution < -0.4 is 10.6 Å². The summed E-state index contributed by atoms with van der Waals surface area (Å²) in [6, 6.07) is 1.50. The molecule has 0 bridgehead atoms. The van der Waals surface area contributed by atoms with Crippen molar-refractivity contribution in [1.29, 1.82) is 0 Å². The van der Waals surface area contributed by atoms with Crippen LogP contribution in [0.1, 0.15) is 6.42 Å². The van der Waals surface area contributed by atoms with Gasteiger partial charge in [-0.25, -0.2) is 4.98 Å². The maximum Gasteiger partial charge on any atom is 0.228 e. The van der Waals surface area contributed by atoms with Crippen molar-refractivity contribution in [3.63, 3.8) is 0 Å². The van der Waals surface area contributed by atoms with Crippen LogP contribution in [0, 0.1) is 0 Å². The zero-order chi connectivity index (χ0) is 11.0. The zero-order valence-electron chi connectivity index (χ0n) is 7.78. The van der Waals surface area contributed by atoms with Gasteiger partial charge >= 0.3 is 0 Å². The molecule has 4 nitrogen and oxygen atoms in total. The molecule has 6 heteroatoms. The molecule has 0 saturated carbocycles. The average molecular weight is 246 g/mol. The Morgan fingerprint density at radius 3 is 2.80 bits per heavy atom. The number of carbonyl (C=O) groups is 1. The van der Waals surface area contributed by atoms with Crippen molar-refractivity contribution in [1.82, 2.24) is 4.98 Å². The summed E-state index contributed by atoms with van der Waals surface area (Å²) in [4.78, 5) is 17.0. The lowest BCUT2D eigenvalue weighted by molar-refractivity contribution is -0.117. The molecule has 0 radical (unpaired) electrons. The van der Waals surface area contributed by atoms with Gasteiger partial charge < -0.3 is 10.6 Å². The van der Waals surface area contributed by atoms with E-state index in [-0.39, 0.29) is 17.1 Å². The van der Waals surface area contributed by atoms with Gasteiger partial charge in [-0.2, -0.15) is 0 Å². The molecule has 1 aliphatic heterocycles. The lowest BCUT2D eigenvalue weighted by Crippen LogP contribution is -2.28. The highest BCUT2D eigenvalue weighted by Crippen LogP contribution is 2.27. The molecule has 2 heterocycles. The average Bonchev–Trinajstić information content (AvgIpc) is 2.50. The number of nitrogens with zero attached hydrogens (tertiary/aromatic N) is 2. The Labute approximate surface area is 97.0 Å². The molecular formula is C9H9Cl2N3O. The van der Waals surface area contributed by atoms with E-state index in [1.54, 1.807) is 11.0 Å². The lowest BCUT2D eigenvalue weighted by Gasteiger charge is -2.15. The number of halogens is 2. The summed E-state index contributed by atoms with van der Waals surface area (Å²) in [5, 5.41) is 0.568. The van der Waals surface area contributed by atoms with E-state index in [0.717, 1.165) is 0 Å². The predicted molar refractivity (Wildman–Crippen MR) is 59.2 cm³/mol. The minimum Gasteiger partial charge on any atom is -0.326 e.